The number of nitrogens with zero attached hydrogens (tertiary/aromatic N) is 2. The standard InChI is InChI=1S/C22H17BrClN3O3/c23-16-3-1-15(2-4-16)12-27-13-18(11-25-27)26-22(28)21-10-9-20(30-21)14-29-19-7-5-17(24)6-8-19/h1-11,13H,12,14H2,(H,26,28). The lowest BCUT2D eigenvalue weighted by Gasteiger charge is -2.04. The minimum atomic E-state index is -0.351. The Morgan fingerprint density at radius 3 is 2.63 bits per heavy atom. The summed E-state index contributed by atoms with van der Waals surface area (Å²) in [6, 6.07) is 18.3. The van der Waals surface area contributed by atoms with Crippen molar-refractivity contribution in [3.63, 3.8) is 0 Å². The molecular formula is C22H17BrClN3O3. The summed E-state index contributed by atoms with van der Waals surface area (Å²) < 4.78 is 14.0. The summed E-state index contributed by atoms with van der Waals surface area (Å²) in [5.41, 5.74) is 1.70. The molecule has 30 heavy (non-hydrogen) atoms. The van der Waals surface area contributed by atoms with Gasteiger partial charge in [0.2, 0.25) is 0 Å². The average Bonchev–Trinajstić information content (AvgIpc) is 3.39. The van der Waals surface area contributed by atoms with E-state index in [-0.39, 0.29) is 18.3 Å². The lowest BCUT2D eigenvalue weighted by Crippen LogP contribution is -2.10. The highest BCUT2D eigenvalue weighted by molar-refractivity contribution is 9.10. The molecule has 0 aliphatic heterocycles. The first-order valence-corrected chi connectivity index (χ1v) is 10.3. The molecule has 2 aromatic carbocycles. The van der Waals surface area contributed by atoms with E-state index >= 15 is 0 Å². The van der Waals surface area contributed by atoms with Gasteiger partial charge in [0.05, 0.1) is 18.4 Å². The molecule has 2 heterocycles. The van der Waals surface area contributed by atoms with Crippen LogP contribution in [0, 0.1) is 0 Å². The quantitative estimate of drug-likeness (QED) is 0.360. The highest BCUT2D eigenvalue weighted by Crippen LogP contribution is 2.18. The fraction of sp³-hybridized carbons (Fsp3) is 0.0909. The van der Waals surface area contributed by atoms with Crippen LogP contribution in [0.15, 0.2) is 81.9 Å². The monoisotopic (exact) mass is 485 g/mol. The van der Waals surface area contributed by atoms with E-state index in [1.54, 1.807) is 53.5 Å². The number of amides is 1. The predicted molar refractivity (Wildman–Crippen MR) is 118 cm³/mol. The van der Waals surface area contributed by atoms with Crippen molar-refractivity contribution < 1.29 is 13.9 Å². The summed E-state index contributed by atoms with van der Waals surface area (Å²) in [6.07, 6.45) is 3.37. The van der Waals surface area contributed by atoms with Gasteiger partial charge < -0.3 is 14.5 Å². The molecule has 6 nitrogen and oxygen atoms in total. The van der Waals surface area contributed by atoms with Crippen LogP contribution in [-0.4, -0.2) is 15.7 Å². The topological polar surface area (TPSA) is 69.3 Å². The number of ether oxygens (including phenoxy) is 1. The summed E-state index contributed by atoms with van der Waals surface area (Å²) in [4.78, 5) is 12.4. The Bertz CT molecular complexity index is 1140. The first-order valence-electron chi connectivity index (χ1n) is 9.10. The number of aromatic nitrogens is 2. The van der Waals surface area contributed by atoms with Gasteiger partial charge in [0.1, 0.15) is 18.1 Å². The van der Waals surface area contributed by atoms with Gasteiger partial charge >= 0.3 is 0 Å². The molecule has 0 unspecified atom stereocenters. The second kappa shape index (κ2) is 9.19. The fourth-order valence-electron chi connectivity index (χ4n) is 2.75. The van der Waals surface area contributed by atoms with Gasteiger partial charge in [-0.15, -0.1) is 0 Å². The third kappa shape index (κ3) is 5.31. The van der Waals surface area contributed by atoms with E-state index in [0.717, 1.165) is 10.0 Å². The van der Waals surface area contributed by atoms with E-state index in [1.165, 1.54) is 0 Å². The maximum atomic E-state index is 12.4. The molecule has 0 aliphatic carbocycles. The van der Waals surface area contributed by atoms with Crippen molar-refractivity contribution in [2.24, 2.45) is 0 Å². The molecule has 8 heteroatoms. The van der Waals surface area contributed by atoms with Crippen molar-refractivity contribution in [2.45, 2.75) is 13.2 Å². The number of anilines is 1. The third-order valence-corrected chi connectivity index (χ3v) is 5.01. The number of carbonyl (C=O) groups is 1. The van der Waals surface area contributed by atoms with Crippen molar-refractivity contribution in [3.05, 3.63) is 99.6 Å². The van der Waals surface area contributed by atoms with Crippen molar-refractivity contribution in [3.8, 4) is 5.75 Å². The minimum absolute atomic E-state index is 0.199. The van der Waals surface area contributed by atoms with Crippen LogP contribution in [-0.2, 0) is 13.2 Å². The minimum Gasteiger partial charge on any atom is -0.486 e. The first-order chi connectivity index (χ1) is 14.5. The normalized spacial score (nSPS) is 10.7. The van der Waals surface area contributed by atoms with E-state index < -0.39 is 0 Å². The molecule has 1 N–H and O–H groups in total. The van der Waals surface area contributed by atoms with Crippen LogP contribution in [0.25, 0.3) is 0 Å². The molecule has 1 amide bonds. The first kappa shape index (κ1) is 20.3. The summed E-state index contributed by atoms with van der Waals surface area (Å²) in [5, 5.41) is 7.71. The second-order valence-electron chi connectivity index (χ2n) is 6.52. The summed E-state index contributed by atoms with van der Waals surface area (Å²) in [5.74, 6) is 1.06. The highest BCUT2D eigenvalue weighted by atomic mass is 79.9. The summed E-state index contributed by atoms with van der Waals surface area (Å²) in [7, 11) is 0. The maximum absolute atomic E-state index is 12.4. The van der Waals surface area contributed by atoms with E-state index in [4.69, 9.17) is 20.8 Å². The number of halogens is 2. The fourth-order valence-corrected chi connectivity index (χ4v) is 3.14. The van der Waals surface area contributed by atoms with Crippen LogP contribution in [0.3, 0.4) is 0 Å². The Labute approximate surface area is 186 Å². The van der Waals surface area contributed by atoms with E-state index in [2.05, 4.69) is 26.3 Å². The van der Waals surface area contributed by atoms with Crippen LogP contribution in [0.5, 0.6) is 5.75 Å². The maximum Gasteiger partial charge on any atom is 0.291 e. The van der Waals surface area contributed by atoms with Gasteiger partial charge in [-0.25, -0.2) is 0 Å². The van der Waals surface area contributed by atoms with Gasteiger partial charge in [-0.05, 0) is 54.1 Å². The van der Waals surface area contributed by atoms with Gasteiger partial charge in [-0.2, -0.15) is 5.10 Å². The number of hydrogen-bond acceptors (Lipinski definition) is 4. The zero-order valence-electron chi connectivity index (χ0n) is 15.7. The van der Waals surface area contributed by atoms with Crippen molar-refractivity contribution in [2.75, 3.05) is 5.32 Å². The smallest absolute Gasteiger partial charge is 0.291 e. The van der Waals surface area contributed by atoms with Crippen LogP contribution in [0.1, 0.15) is 21.9 Å². The van der Waals surface area contributed by atoms with Crippen molar-refractivity contribution in [1.82, 2.24) is 9.78 Å². The molecule has 4 rings (SSSR count). The largest absolute Gasteiger partial charge is 0.486 e. The molecule has 0 radical (unpaired) electrons. The lowest BCUT2D eigenvalue weighted by molar-refractivity contribution is 0.0992. The number of furan rings is 1. The zero-order valence-corrected chi connectivity index (χ0v) is 18.1. The molecule has 0 saturated carbocycles. The number of carbonyl (C=O) groups excluding carboxylic acids is 1. The molecule has 0 fully saturated rings. The average molecular weight is 487 g/mol. The Hall–Kier alpha value is -3.03. The molecule has 0 bridgehead atoms. The number of benzene rings is 2. The number of rotatable bonds is 7. The number of nitrogens with one attached hydrogen (secondary N) is 1. The van der Waals surface area contributed by atoms with Gasteiger partial charge in [0, 0.05) is 15.7 Å². The van der Waals surface area contributed by atoms with Crippen molar-refractivity contribution >= 4 is 39.1 Å². The third-order valence-electron chi connectivity index (χ3n) is 4.23. The Morgan fingerprint density at radius 2 is 1.87 bits per heavy atom. The van der Waals surface area contributed by atoms with E-state index in [9.17, 15) is 4.79 Å². The predicted octanol–water partition coefficient (Wildman–Crippen LogP) is 5.77. The van der Waals surface area contributed by atoms with Crippen molar-refractivity contribution in [1.29, 1.82) is 0 Å². The van der Waals surface area contributed by atoms with Gasteiger partial charge in [-0.3, -0.25) is 9.48 Å². The lowest BCUT2D eigenvalue weighted by atomic mass is 10.2. The Kier molecular flexibility index (Phi) is 6.21. The Balaban J connectivity index is 1.32. The van der Waals surface area contributed by atoms with Gasteiger partial charge in [0.15, 0.2) is 5.76 Å². The van der Waals surface area contributed by atoms with Crippen LogP contribution < -0.4 is 10.1 Å². The zero-order chi connectivity index (χ0) is 20.9. The molecule has 2 aromatic heterocycles. The molecule has 152 valence electrons. The van der Waals surface area contributed by atoms with Crippen LogP contribution in [0.2, 0.25) is 5.02 Å². The second-order valence-corrected chi connectivity index (χ2v) is 7.87. The van der Waals surface area contributed by atoms with Crippen LogP contribution >= 0.6 is 27.5 Å². The molecular weight excluding hydrogens is 470 g/mol. The number of hydrogen-bond donors (Lipinski definition) is 1. The molecule has 0 aliphatic rings. The summed E-state index contributed by atoms with van der Waals surface area (Å²) >= 11 is 9.27. The van der Waals surface area contributed by atoms with Gasteiger partial charge in [0.25, 0.3) is 5.91 Å². The summed E-state index contributed by atoms with van der Waals surface area (Å²) in [6.45, 7) is 0.816. The van der Waals surface area contributed by atoms with E-state index in [1.807, 2.05) is 24.3 Å². The molecule has 0 spiro atoms. The SMILES string of the molecule is O=C(Nc1cnn(Cc2ccc(Br)cc2)c1)c1ccc(COc2ccc(Cl)cc2)o1. The van der Waals surface area contributed by atoms with E-state index in [0.29, 0.717) is 28.8 Å². The molecule has 4 aromatic rings. The Morgan fingerprint density at radius 1 is 1.10 bits per heavy atom. The van der Waals surface area contributed by atoms with Gasteiger partial charge in [-0.1, -0.05) is 39.7 Å². The highest BCUT2D eigenvalue weighted by Gasteiger charge is 2.13. The van der Waals surface area contributed by atoms with Crippen LogP contribution in [0.4, 0.5) is 5.69 Å². The molecule has 0 atom stereocenters. The molecule has 0 saturated heterocycles.